The molecule has 0 bridgehead atoms. The van der Waals surface area contributed by atoms with Crippen molar-refractivity contribution in [2.45, 2.75) is 38.3 Å². The number of aromatic nitrogens is 2. The van der Waals surface area contributed by atoms with Crippen LogP contribution in [0.1, 0.15) is 20.8 Å². The van der Waals surface area contributed by atoms with Crippen molar-refractivity contribution in [2.75, 3.05) is 6.61 Å². The van der Waals surface area contributed by atoms with Crippen molar-refractivity contribution in [3.8, 4) is 5.75 Å². The zero-order valence-corrected chi connectivity index (χ0v) is 14.5. The summed E-state index contributed by atoms with van der Waals surface area (Å²) in [6.45, 7) is 7.00. The first-order valence-corrected chi connectivity index (χ1v) is 9.08. The van der Waals surface area contributed by atoms with Gasteiger partial charge in [-0.25, -0.2) is 13.1 Å². The molecule has 1 aromatic carbocycles. The third-order valence-electron chi connectivity index (χ3n) is 3.09. The van der Waals surface area contributed by atoms with Gasteiger partial charge in [-0.2, -0.15) is 5.10 Å². The van der Waals surface area contributed by atoms with E-state index in [1.807, 2.05) is 0 Å². The van der Waals surface area contributed by atoms with Gasteiger partial charge in [0.2, 0.25) is 10.0 Å². The van der Waals surface area contributed by atoms with Gasteiger partial charge >= 0.3 is 0 Å². The molecule has 2 rings (SSSR count). The first-order chi connectivity index (χ1) is 10.9. The Labute approximate surface area is 137 Å². The van der Waals surface area contributed by atoms with Crippen LogP contribution < -0.4 is 9.46 Å². The van der Waals surface area contributed by atoms with Crippen LogP contribution in [0.3, 0.4) is 0 Å². The lowest BCUT2D eigenvalue weighted by molar-refractivity contribution is 0.271. The van der Waals surface area contributed by atoms with Gasteiger partial charge in [0.05, 0.1) is 18.0 Å². The highest BCUT2D eigenvalue weighted by atomic mass is 32.2. The maximum atomic E-state index is 12.4. The highest BCUT2D eigenvalue weighted by molar-refractivity contribution is 7.89. The second-order valence-electron chi connectivity index (χ2n) is 5.93. The van der Waals surface area contributed by atoms with E-state index in [4.69, 9.17) is 4.74 Å². The fourth-order valence-electron chi connectivity index (χ4n) is 2.04. The van der Waals surface area contributed by atoms with Crippen LogP contribution in [0.5, 0.6) is 5.75 Å². The molecule has 7 heteroatoms. The van der Waals surface area contributed by atoms with Crippen molar-refractivity contribution in [1.29, 1.82) is 0 Å². The Balaban J connectivity index is 1.98. The Morgan fingerprint density at radius 3 is 2.48 bits per heavy atom. The summed E-state index contributed by atoms with van der Waals surface area (Å²) in [5.74, 6) is 1.09. The first-order valence-electron chi connectivity index (χ1n) is 7.59. The van der Waals surface area contributed by atoms with Crippen LogP contribution in [0, 0.1) is 5.92 Å². The minimum Gasteiger partial charge on any atom is -0.493 e. The predicted octanol–water partition coefficient (Wildman–Crippen LogP) is 2.28. The van der Waals surface area contributed by atoms with Crippen LogP contribution in [-0.2, 0) is 16.6 Å². The van der Waals surface area contributed by atoms with Gasteiger partial charge in [0.15, 0.2) is 0 Å². The third-order valence-corrected chi connectivity index (χ3v) is 4.70. The maximum Gasteiger partial charge on any atom is 0.240 e. The molecule has 0 aliphatic rings. The largest absolute Gasteiger partial charge is 0.493 e. The van der Waals surface area contributed by atoms with Crippen LogP contribution in [0.25, 0.3) is 0 Å². The molecule has 2 aromatic rings. The lowest BCUT2D eigenvalue weighted by Crippen LogP contribution is -2.35. The summed E-state index contributed by atoms with van der Waals surface area (Å²) in [6.07, 6.45) is 3.46. The highest BCUT2D eigenvalue weighted by Crippen LogP contribution is 2.17. The van der Waals surface area contributed by atoms with E-state index in [0.29, 0.717) is 24.8 Å². The molecule has 1 heterocycles. The van der Waals surface area contributed by atoms with Crippen LogP contribution >= 0.6 is 0 Å². The van der Waals surface area contributed by atoms with Gasteiger partial charge in [0.25, 0.3) is 0 Å². The summed E-state index contributed by atoms with van der Waals surface area (Å²) < 4.78 is 34.6. The van der Waals surface area contributed by atoms with Gasteiger partial charge in [-0.3, -0.25) is 4.68 Å². The van der Waals surface area contributed by atoms with Crippen molar-refractivity contribution in [3.05, 3.63) is 42.7 Å². The lowest BCUT2D eigenvalue weighted by Gasteiger charge is -2.15. The zero-order valence-electron chi connectivity index (χ0n) is 13.6. The number of nitrogens with one attached hydrogen (secondary N) is 1. The fraction of sp³-hybridized carbons (Fsp3) is 0.438. The van der Waals surface area contributed by atoms with Crippen LogP contribution in [0.15, 0.2) is 47.6 Å². The quantitative estimate of drug-likeness (QED) is 0.802. The molecule has 6 nitrogen and oxygen atoms in total. The fourth-order valence-corrected chi connectivity index (χ4v) is 3.27. The molecule has 0 radical (unpaired) electrons. The van der Waals surface area contributed by atoms with E-state index in [1.54, 1.807) is 54.3 Å². The molecule has 1 N–H and O–H groups in total. The Hall–Kier alpha value is -1.86. The molecule has 1 aromatic heterocycles. The molecular weight excluding hydrogens is 314 g/mol. The molecule has 126 valence electrons. The second-order valence-corrected chi connectivity index (χ2v) is 7.64. The van der Waals surface area contributed by atoms with E-state index < -0.39 is 10.0 Å². The number of sulfonamides is 1. The number of rotatable bonds is 8. The Kier molecular flexibility index (Phi) is 5.79. The number of hydrogen-bond donors (Lipinski definition) is 1. The molecule has 0 saturated heterocycles. The van der Waals surface area contributed by atoms with Crippen molar-refractivity contribution < 1.29 is 13.2 Å². The van der Waals surface area contributed by atoms with E-state index in [2.05, 4.69) is 23.7 Å². The van der Waals surface area contributed by atoms with Gasteiger partial charge in [-0.15, -0.1) is 0 Å². The molecule has 0 saturated carbocycles. The van der Waals surface area contributed by atoms with Crippen LogP contribution in [0.4, 0.5) is 0 Å². The van der Waals surface area contributed by atoms with Crippen molar-refractivity contribution in [1.82, 2.24) is 14.5 Å². The van der Waals surface area contributed by atoms with Crippen molar-refractivity contribution in [2.24, 2.45) is 5.92 Å². The zero-order chi connectivity index (χ0) is 16.9. The summed E-state index contributed by atoms with van der Waals surface area (Å²) in [5, 5.41) is 4.07. The Bertz CT molecular complexity index is 695. The van der Waals surface area contributed by atoms with Gasteiger partial charge in [-0.1, -0.05) is 13.8 Å². The van der Waals surface area contributed by atoms with E-state index >= 15 is 0 Å². The minimum absolute atomic E-state index is 0.224. The normalized spacial score (nSPS) is 13.2. The highest BCUT2D eigenvalue weighted by Gasteiger charge is 2.17. The number of ether oxygens (including phenoxy) is 1. The van der Waals surface area contributed by atoms with Crippen molar-refractivity contribution in [3.63, 3.8) is 0 Å². The van der Waals surface area contributed by atoms with E-state index in [0.717, 1.165) is 0 Å². The van der Waals surface area contributed by atoms with E-state index in [1.165, 1.54) is 0 Å². The molecular formula is C16H23N3O3S. The summed E-state index contributed by atoms with van der Waals surface area (Å²) in [4.78, 5) is 0.224. The minimum atomic E-state index is -3.56. The van der Waals surface area contributed by atoms with Crippen LogP contribution in [-0.4, -0.2) is 30.8 Å². The molecule has 0 amide bonds. The molecule has 1 atom stereocenters. The summed E-state index contributed by atoms with van der Waals surface area (Å²) in [7, 11) is -3.56. The van der Waals surface area contributed by atoms with Gasteiger partial charge in [0.1, 0.15) is 5.75 Å². The molecule has 0 spiro atoms. The molecule has 0 aliphatic carbocycles. The second kappa shape index (κ2) is 7.61. The smallest absolute Gasteiger partial charge is 0.240 e. The average Bonchev–Trinajstić information content (AvgIpc) is 2.97. The third kappa shape index (κ3) is 5.37. The molecule has 0 fully saturated rings. The SMILES string of the molecule is CC(C)COc1ccc(S(=O)(=O)N[C@@H](C)Cn2cccn2)cc1. The average molecular weight is 337 g/mol. The van der Waals surface area contributed by atoms with Crippen LogP contribution in [0.2, 0.25) is 0 Å². The topological polar surface area (TPSA) is 73.2 Å². The van der Waals surface area contributed by atoms with Crippen molar-refractivity contribution >= 4 is 10.0 Å². The predicted molar refractivity (Wildman–Crippen MR) is 88.8 cm³/mol. The summed E-state index contributed by atoms with van der Waals surface area (Å²) in [6, 6.07) is 8.00. The van der Waals surface area contributed by atoms with Gasteiger partial charge in [-0.05, 0) is 43.2 Å². The maximum absolute atomic E-state index is 12.4. The molecule has 0 unspecified atom stereocenters. The monoisotopic (exact) mass is 337 g/mol. The summed E-state index contributed by atoms with van der Waals surface area (Å²) in [5.41, 5.74) is 0. The van der Waals surface area contributed by atoms with E-state index in [-0.39, 0.29) is 10.9 Å². The number of benzene rings is 1. The van der Waals surface area contributed by atoms with E-state index in [9.17, 15) is 8.42 Å². The Morgan fingerprint density at radius 1 is 1.22 bits per heavy atom. The summed E-state index contributed by atoms with van der Waals surface area (Å²) >= 11 is 0. The lowest BCUT2D eigenvalue weighted by atomic mass is 10.2. The molecule has 0 aliphatic heterocycles. The standard InChI is InChI=1S/C16H23N3O3S/c1-13(2)12-22-15-5-7-16(8-6-15)23(20,21)18-14(3)11-19-10-4-9-17-19/h4-10,13-14,18H,11-12H2,1-3H3/t14-/m0/s1. The number of nitrogens with zero attached hydrogens (tertiary/aromatic N) is 2. The Morgan fingerprint density at radius 2 is 1.91 bits per heavy atom. The van der Waals surface area contributed by atoms with Gasteiger partial charge in [0, 0.05) is 18.4 Å². The van der Waals surface area contributed by atoms with Gasteiger partial charge < -0.3 is 4.74 Å². The number of hydrogen-bond acceptors (Lipinski definition) is 4. The molecule has 23 heavy (non-hydrogen) atoms. The first kappa shape index (κ1) is 17.5.